The molecule has 0 spiro atoms. The molecule has 0 fully saturated rings. The average molecular weight is 182 g/mol. The maximum absolute atomic E-state index is 7.87. The van der Waals surface area contributed by atoms with Crippen LogP contribution < -0.4 is 0 Å². The van der Waals surface area contributed by atoms with Gasteiger partial charge in [-0.05, 0) is 0 Å². The molecule has 0 heteroatoms. The van der Waals surface area contributed by atoms with Gasteiger partial charge in [-0.15, -0.1) is 0 Å². The Hall–Kier alpha value is 0. The summed E-state index contributed by atoms with van der Waals surface area (Å²) in [5.41, 5.74) is 0. The van der Waals surface area contributed by atoms with Crippen LogP contribution in [0.5, 0.6) is 0 Å². The van der Waals surface area contributed by atoms with Crippen molar-refractivity contribution in [3.05, 3.63) is 0 Å². The summed E-state index contributed by atoms with van der Waals surface area (Å²) >= 11 is 0. The first kappa shape index (κ1) is 2.74. The van der Waals surface area contributed by atoms with E-state index in [1.165, 1.54) is 0 Å². The van der Waals surface area contributed by atoms with Crippen LogP contribution in [-0.4, -0.2) is 0 Å². The average Bonchev–Trinajstić information content (AvgIpc) is 2.41. The van der Waals surface area contributed by atoms with Gasteiger partial charge in [-0.1, -0.05) is 77.8 Å². The number of unbranched alkanes of at least 4 members (excludes halogenated alkanes) is 3. The fourth-order valence-electron chi connectivity index (χ4n) is 0.864. The van der Waals surface area contributed by atoms with Crippen molar-refractivity contribution in [1.29, 1.82) is 0 Å². The van der Waals surface area contributed by atoms with Crippen LogP contribution >= 0.6 is 0 Å². The zero-order valence-corrected chi connectivity index (χ0v) is 7.61. The SMILES string of the molecule is [2H]C(CCCCCC)C([2H])([2H])C([2H])([2H])C([2H])([2H])C([2H])([2H])C([2H])([2H])[2H]. The monoisotopic (exact) mass is 182 g/mol. The van der Waals surface area contributed by atoms with Crippen LogP contribution in [0.2, 0.25) is 0 Å². The summed E-state index contributed by atoms with van der Waals surface area (Å²) < 4.78 is 91.1. The minimum Gasteiger partial charge on any atom is -0.0654 e. The van der Waals surface area contributed by atoms with Crippen molar-refractivity contribution in [1.82, 2.24) is 0 Å². The van der Waals surface area contributed by atoms with Crippen LogP contribution in [0.4, 0.5) is 0 Å². The van der Waals surface area contributed by atoms with Crippen molar-refractivity contribution in [3.8, 4) is 0 Å². The van der Waals surface area contributed by atoms with E-state index in [0.29, 0.717) is 6.42 Å². The molecule has 0 amide bonds. The first-order chi connectivity index (χ1) is 10.5. The first-order valence-electron chi connectivity index (χ1n) is 10.5. The molecule has 12 heavy (non-hydrogen) atoms. The molecule has 0 aliphatic heterocycles. The Morgan fingerprint density at radius 2 is 1.83 bits per heavy atom. The predicted octanol–water partition coefficient (Wildman–Crippen LogP) is 4.93. The number of hydrogen-bond donors (Lipinski definition) is 0. The smallest absolute Gasteiger partial charge is 0.0267 e. The fourth-order valence-corrected chi connectivity index (χ4v) is 0.864. The highest BCUT2D eigenvalue weighted by molar-refractivity contribution is 4.45. The summed E-state index contributed by atoms with van der Waals surface area (Å²) in [6.45, 7) is -1.50. The van der Waals surface area contributed by atoms with Crippen molar-refractivity contribution in [2.24, 2.45) is 0 Å². The highest BCUT2D eigenvalue weighted by atomic mass is 14.0. The molecular formula is C12H26. The first-order valence-corrected chi connectivity index (χ1v) is 4.40. The van der Waals surface area contributed by atoms with Crippen molar-refractivity contribution >= 4 is 0 Å². The molecule has 0 aliphatic carbocycles. The van der Waals surface area contributed by atoms with Gasteiger partial charge < -0.3 is 0 Å². The van der Waals surface area contributed by atoms with Gasteiger partial charge in [0.15, 0.2) is 0 Å². The molecular weight excluding hydrogens is 144 g/mol. The van der Waals surface area contributed by atoms with Gasteiger partial charge in [0, 0.05) is 16.4 Å². The summed E-state index contributed by atoms with van der Waals surface area (Å²) in [6, 6.07) is 0. The Balaban J connectivity index is 5.52. The second-order valence-corrected chi connectivity index (χ2v) is 2.57. The van der Waals surface area contributed by atoms with E-state index in [4.69, 9.17) is 16.4 Å². The van der Waals surface area contributed by atoms with Crippen LogP contribution in [-0.2, 0) is 0 Å². The molecule has 0 N–H and O–H groups in total. The standard InChI is InChI=1S/C12H26/c1-3-5-7-9-11-12-10-8-6-4-2/h3-12H2,1-2H3/i1D3,3D2,5D2,7D2,9D2,11D. The lowest BCUT2D eigenvalue weighted by atomic mass is 10.1. The Morgan fingerprint density at radius 1 is 1.00 bits per heavy atom. The van der Waals surface area contributed by atoms with E-state index >= 15 is 0 Å². The van der Waals surface area contributed by atoms with Gasteiger partial charge in [-0.25, -0.2) is 0 Å². The van der Waals surface area contributed by atoms with E-state index in [9.17, 15) is 0 Å². The Bertz CT molecular complexity index is 397. The van der Waals surface area contributed by atoms with E-state index in [1.54, 1.807) is 0 Å². The van der Waals surface area contributed by atoms with Gasteiger partial charge in [0.1, 0.15) is 0 Å². The minimum absolute atomic E-state index is 0.0145. The number of rotatable bonds is 9. The van der Waals surface area contributed by atoms with Gasteiger partial charge in [0.25, 0.3) is 0 Å². The van der Waals surface area contributed by atoms with E-state index in [1.807, 2.05) is 6.92 Å². The summed E-state index contributed by atoms with van der Waals surface area (Å²) in [4.78, 5) is 0. The van der Waals surface area contributed by atoms with Gasteiger partial charge in [0.2, 0.25) is 0 Å². The molecule has 0 rings (SSSR count). The Labute approximate surface area is 95.6 Å². The maximum atomic E-state index is 7.87. The third kappa shape index (κ3) is 10.0. The van der Waals surface area contributed by atoms with Crippen LogP contribution in [0.15, 0.2) is 0 Å². The normalized spacial score (nSPS) is 33.8. The summed E-state index contributed by atoms with van der Waals surface area (Å²) in [5.74, 6) is 0. The van der Waals surface area contributed by atoms with E-state index in [0.717, 1.165) is 19.3 Å². The second kappa shape index (κ2) is 11.0. The third-order valence-corrected chi connectivity index (χ3v) is 1.50. The Morgan fingerprint density at radius 3 is 2.58 bits per heavy atom. The number of hydrogen-bond acceptors (Lipinski definition) is 0. The van der Waals surface area contributed by atoms with E-state index < -0.39 is 38.7 Å². The summed E-state index contributed by atoms with van der Waals surface area (Å²) in [5, 5.41) is 0. The zero-order chi connectivity index (χ0) is 19.6. The lowest BCUT2D eigenvalue weighted by Crippen LogP contribution is -1.80. The van der Waals surface area contributed by atoms with Gasteiger partial charge in [-0.3, -0.25) is 0 Å². The highest BCUT2D eigenvalue weighted by Gasteiger charge is 1.90. The summed E-state index contributed by atoms with van der Waals surface area (Å²) in [6.07, 6.45) is -12.5. The molecule has 0 saturated carbocycles. The van der Waals surface area contributed by atoms with E-state index in [-0.39, 0.29) is 6.42 Å². The molecule has 0 heterocycles. The quantitative estimate of drug-likeness (QED) is 0.444. The molecule has 0 nitrogen and oxygen atoms in total. The van der Waals surface area contributed by atoms with Crippen LogP contribution in [0, 0.1) is 0 Å². The van der Waals surface area contributed by atoms with Crippen molar-refractivity contribution in [2.75, 3.05) is 0 Å². The highest BCUT2D eigenvalue weighted by Crippen LogP contribution is 2.09. The van der Waals surface area contributed by atoms with Crippen LogP contribution in [0.1, 0.15) is 94.2 Å². The van der Waals surface area contributed by atoms with Crippen molar-refractivity contribution in [3.63, 3.8) is 0 Å². The fraction of sp³-hybridized carbons (Fsp3) is 1.00. The molecule has 74 valence electrons. The molecule has 0 saturated heterocycles. The van der Waals surface area contributed by atoms with E-state index in [2.05, 4.69) is 0 Å². The Kier molecular flexibility index (Phi) is 2.52. The topological polar surface area (TPSA) is 0 Å². The van der Waals surface area contributed by atoms with Crippen LogP contribution in [0.25, 0.3) is 0 Å². The second-order valence-electron chi connectivity index (χ2n) is 2.57. The third-order valence-electron chi connectivity index (χ3n) is 1.50. The molecule has 1 atom stereocenters. The molecule has 0 radical (unpaired) electrons. The largest absolute Gasteiger partial charge is 0.0654 e. The van der Waals surface area contributed by atoms with Crippen LogP contribution in [0.3, 0.4) is 0 Å². The molecule has 0 bridgehead atoms. The van der Waals surface area contributed by atoms with Gasteiger partial charge in [0.05, 0.1) is 0 Å². The lowest BCUT2D eigenvalue weighted by Gasteiger charge is -1.99. The van der Waals surface area contributed by atoms with Crippen molar-refractivity contribution < 1.29 is 16.4 Å². The van der Waals surface area contributed by atoms with Gasteiger partial charge in [-0.2, -0.15) is 0 Å². The predicted molar refractivity (Wildman–Crippen MR) is 57.5 cm³/mol. The molecule has 0 aromatic rings. The molecule has 0 aromatic carbocycles. The van der Waals surface area contributed by atoms with Crippen molar-refractivity contribution in [2.45, 2.75) is 77.8 Å². The summed E-state index contributed by atoms with van der Waals surface area (Å²) in [7, 11) is 0. The maximum Gasteiger partial charge on any atom is 0.0267 e. The minimum atomic E-state index is -3.66. The zero-order valence-electron chi connectivity index (χ0n) is 19.6. The molecule has 0 aliphatic rings. The van der Waals surface area contributed by atoms with Gasteiger partial charge >= 0.3 is 0 Å². The molecule has 0 aromatic heterocycles. The lowest BCUT2D eigenvalue weighted by molar-refractivity contribution is 0.562. The molecule has 1 unspecified atom stereocenters.